The van der Waals surface area contributed by atoms with Gasteiger partial charge in [0.1, 0.15) is 6.04 Å². The molecule has 0 spiro atoms. The summed E-state index contributed by atoms with van der Waals surface area (Å²) in [5, 5.41) is 3.61. The van der Waals surface area contributed by atoms with E-state index in [1.807, 2.05) is 56.3 Å². The van der Waals surface area contributed by atoms with Gasteiger partial charge in [-0.05, 0) is 43.5 Å². The summed E-state index contributed by atoms with van der Waals surface area (Å²) in [6.07, 6.45) is 1.33. The Balaban J connectivity index is 2.13. The number of rotatable bonds is 11. The zero-order valence-corrected chi connectivity index (χ0v) is 18.7. The average molecular weight is 431 g/mol. The molecule has 6 heteroatoms. The summed E-state index contributed by atoms with van der Waals surface area (Å²) in [5.41, 5.74) is 1.92. The molecular formula is C24H31ClN2O3. The minimum atomic E-state index is -0.605. The van der Waals surface area contributed by atoms with Gasteiger partial charge in [0.25, 0.3) is 0 Å². The van der Waals surface area contributed by atoms with E-state index in [1.54, 1.807) is 17.0 Å². The Bertz CT molecular complexity index is 794. The fraction of sp³-hybridized carbons (Fsp3) is 0.417. The topological polar surface area (TPSA) is 58.6 Å². The highest BCUT2D eigenvalue weighted by Crippen LogP contribution is 2.16. The van der Waals surface area contributed by atoms with Gasteiger partial charge in [0.2, 0.25) is 11.8 Å². The Morgan fingerprint density at radius 3 is 2.30 bits per heavy atom. The highest BCUT2D eigenvalue weighted by atomic mass is 35.5. The number of nitrogens with one attached hydrogen (secondary N) is 1. The molecule has 0 aliphatic carbocycles. The number of hydrogen-bond donors (Lipinski definition) is 1. The molecule has 30 heavy (non-hydrogen) atoms. The summed E-state index contributed by atoms with van der Waals surface area (Å²) in [6.45, 7) is 6.89. The number of amides is 2. The van der Waals surface area contributed by atoms with E-state index < -0.39 is 6.04 Å². The number of carbonyl (C=O) groups is 2. The summed E-state index contributed by atoms with van der Waals surface area (Å²) < 4.78 is 5.53. The monoisotopic (exact) mass is 430 g/mol. The van der Waals surface area contributed by atoms with Crippen LogP contribution in [-0.2, 0) is 27.3 Å². The van der Waals surface area contributed by atoms with Crippen molar-refractivity contribution in [1.29, 1.82) is 0 Å². The van der Waals surface area contributed by atoms with Crippen molar-refractivity contribution >= 4 is 23.4 Å². The SMILES string of the molecule is CC(=O)N(Cc1ccc(Cl)cc1)C(Cc1ccccc1)C(=O)NCCCOC(C)C. The maximum Gasteiger partial charge on any atom is 0.243 e. The molecule has 0 bridgehead atoms. The quantitative estimate of drug-likeness (QED) is 0.542. The maximum atomic E-state index is 13.1. The minimum Gasteiger partial charge on any atom is -0.379 e. The fourth-order valence-electron chi connectivity index (χ4n) is 3.13. The van der Waals surface area contributed by atoms with Gasteiger partial charge >= 0.3 is 0 Å². The third kappa shape index (κ3) is 8.17. The predicted octanol–water partition coefficient (Wildman–Crippen LogP) is 4.23. The fourth-order valence-corrected chi connectivity index (χ4v) is 3.26. The third-order valence-electron chi connectivity index (χ3n) is 4.69. The molecule has 2 rings (SSSR count). The highest BCUT2D eigenvalue weighted by Gasteiger charge is 2.28. The van der Waals surface area contributed by atoms with Gasteiger partial charge in [0.15, 0.2) is 0 Å². The van der Waals surface area contributed by atoms with Crippen LogP contribution in [0.1, 0.15) is 38.3 Å². The van der Waals surface area contributed by atoms with Gasteiger partial charge in [-0.1, -0.05) is 54.1 Å². The van der Waals surface area contributed by atoms with Crippen LogP contribution in [-0.4, -0.2) is 42.0 Å². The first-order valence-electron chi connectivity index (χ1n) is 10.3. The van der Waals surface area contributed by atoms with E-state index in [0.717, 1.165) is 17.5 Å². The van der Waals surface area contributed by atoms with Crippen molar-refractivity contribution in [2.45, 2.75) is 52.3 Å². The number of halogens is 1. The van der Waals surface area contributed by atoms with Crippen molar-refractivity contribution in [3.8, 4) is 0 Å². The second kappa shape index (κ2) is 12.4. The van der Waals surface area contributed by atoms with Gasteiger partial charge in [-0.3, -0.25) is 9.59 Å². The molecule has 0 aromatic heterocycles. The van der Waals surface area contributed by atoms with E-state index in [1.165, 1.54) is 6.92 Å². The van der Waals surface area contributed by atoms with Crippen LogP contribution in [0.25, 0.3) is 0 Å². The van der Waals surface area contributed by atoms with E-state index in [4.69, 9.17) is 16.3 Å². The average Bonchev–Trinajstić information content (AvgIpc) is 2.72. The molecule has 5 nitrogen and oxygen atoms in total. The smallest absolute Gasteiger partial charge is 0.243 e. The van der Waals surface area contributed by atoms with Crippen LogP contribution in [0, 0.1) is 0 Å². The van der Waals surface area contributed by atoms with Gasteiger partial charge < -0.3 is 15.0 Å². The van der Waals surface area contributed by atoms with Crippen molar-refractivity contribution in [2.24, 2.45) is 0 Å². The Morgan fingerprint density at radius 2 is 1.70 bits per heavy atom. The molecule has 2 amide bonds. The number of hydrogen-bond acceptors (Lipinski definition) is 3. The first kappa shape index (κ1) is 23.9. The summed E-state index contributed by atoms with van der Waals surface area (Å²) in [6, 6.07) is 16.5. The molecule has 0 saturated heterocycles. The van der Waals surface area contributed by atoms with Crippen LogP contribution in [0.5, 0.6) is 0 Å². The van der Waals surface area contributed by atoms with Crippen LogP contribution in [0.4, 0.5) is 0 Å². The van der Waals surface area contributed by atoms with E-state index in [9.17, 15) is 9.59 Å². The Morgan fingerprint density at radius 1 is 1.03 bits per heavy atom. The summed E-state index contributed by atoms with van der Waals surface area (Å²) in [5.74, 6) is -0.309. The molecule has 0 fully saturated rings. The molecule has 2 aromatic carbocycles. The standard InChI is InChI=1S/C24H31ClN2O3/c1-18(2)30-15-7-14-26-24(29)23(16-20-8-5-4-6-9-20)27(19(3)28)17-21-10-12-22(25)13-11-21/h4-6,8-13,18,23H,7,14-17H2,1-3H3,(H,26,29). The molecule has 0 aliphatic rings. The van der Waals surface area contributed by atoms with Gasteiger partial charge in [-0.2, -0.15) is 0 Å². The molecule has 162 valence electrons. The summed E-state index contributed by atoms with van der Waals surface area (Å²) >= 11 is 5.98. The normalized spacial score (nSPS) is 11.9. The zero-order valence-electron chi connectivity index (χ0n) is 17.9. The largest absolute Gasteiger partial charge is 0.379 e. The first-order valence-corrected chi connectivity index (χ1v) is 10.7. The Kier molecular flexibility index (Phi) is 9.84. The summed E-state index contributed by atoms with van der Waals surface area (Å²) in [4.78, 5) is 27.2. The van der Waals surface area contributed by atoms with Crippen LogP contribution in [0.2, 0.25) is 5.02 Å². The molecule has 0 radical (unpaired) electrons. The van der Waals surface area contributed by atoms with Crippen molar-refractivity contribution in [3.05, 3.63) is 70.7 Å². The zero-order chi connectivity index (χ0) is 21.9. The first-order chi connectivity index (χ1) is 14.4. The lowest BCUT2D eigenvalue weighted by Gasteiger charge is -2.30. The minimum absolute atomic E-state index is 0.149. The Labute approximate surface area is 184 Å². The molecule has 2 aromatic rings. The van der Waals surface area contributed by atoms with Crippen LogP contribution < -0.4 is 5.32 Å². The van der Waals surface area contributed by atoms with Crippen molar-refractivity contribution in [3.63, 3.8) is 0 Å². The number of benzene rings is 2. The van der Waals surface area contributed by atoms with Crippen LogP contribution >= 0.6 is 11.6 Å². The lowest BCUT2D eigenvalue weighted by Crippen LogP contribution is -2.50. The number of ether oxygens (including phenoxy) is 1. The second-order valence-corrected chi connectivity index (χ2v) is 7.98. The highest BCUT2D eigenvalue weighted by molar-refractivity contribution is 6.30. The van der Waals surface area contributed by atoms with Crippen LogP contribution in [0.3, 0.4) is 0 Å². The molecule has 1 unspecified atom stereocenters. The maximum absolute atomic E-state index is 13.1. The van der Waals surface area contributed by atoms with Gasteiger partial charge in [0.05, 0.1) is 6.10 Å². The van der Waals surface area contributed by atoms with Crippen molar-refractivity contribution in [1.82, 2.24) is 10.2 Å². The molecule has 0 saturated carbocycles. The summed E-state index contributed by atoms with van der Waals surface area (Å²) in [7, 11) is 0. The molecule has 1 atom stereocenters. The van der Waals surface area contributed by atoms with Crippen molar-refractivity contribution < 1.29 is 14.3 Å². The number of nitrogens with zero attached hydrogens (tertiary/aromatic N) is 1. The molecular weight excluding hydrogens is 400 g/mol. The van der Waals surface area contributed by atoms with E-state index in [2.05, 4.69) is 5.32 Å². The predicted molar refractivity (Wildman–Crippen MR) is 120 cm³/mol. The molecule has 0 aliphatic heterocycles. The third-order valence-corrected chi connectivity index (χ3v) is 4.94. The lowest BCUT2D eigenvalue weighted by atomic mass is 10.0. The molecule has 1 N–H and O–H groups in total. The van der Waals surface area contributed by atoms with Crippen molar-refractivity contribution in [2.75, 3.05) is 13.2 Å². The van der Waals surface area contributed by atoms with Gasteiger partial charge in [0, 0.05) is 38.1 Å². The lowest BCUT2D eigenvalue weighted by molar-refractivity contribution is -0.139. The number of carbonyl (C=O) groups excluding carboxylic acids is 2. The Hall–Kier alpha value is -2.37. The van der Waals surface area contributed by atoms with Gasteiger partial charge in [-0.25, -0.2) is 0 Å². The van der Waals surface area contributed by atoms with E-state index in [-0.39, 0.29) is 17.9 Å². The van der Waals surface area contributed by atoms with E-state index >= 15 is 0 Å². The van der Waals surface area contributed by atoms with E-state index in [0.29, 0.717) is 31.1 Å². The second-order valence-electron chi connectivity index (χ2n) is 7.54. The van der Waals surface area contributed by atoms with Gasteiger partial charge in [-0.15, -0.1) is 0 Å². The molecule has 0 heterocycles. The van der Waals surface area contributed by atoms with Crippen LogP contribution in [0.15, 0.2) is 54.6 Å².